The van der Waals surface area contributed by atoms with Crippen LogP contribution in [0.1, 0.15) is 50.2 Å². The van der Waals surface area contributed by atoms with Crippen molar-refractivity contribution in [1.29, 1.82) is 0 Å². The van der Waals surface area contributed by atoms with Crippen molar-refractivity contribution < 1.29 is 0 Å². The van der Waals surface area contributed by atoms with Crippen LogP contribution >= 0.6 is 11.3 Å². The summed E-state index contributed by atoms with van der Waals surface area (Å²) in [6, 6.07) is 0.190. The Morgan fingerprint density at radius 3 is 2.89 bits per heavy atom. The van der Waals surface area contributed by atoms with E-state index in [0.29, 0.717) is 5.41 Å². The molecule has 1 aromatic rings. The zero-order valence-electron chi connectivity index (χ0n) is 11.6. The van der Waals surface area contributed by atoms with Crippen molar-refractivity contribution >= 4 is 16.5 Å². The molecular weight excluding hydrogens is 242 g/mol. The highest BCUT2D eigenvalue weighted by Gasteiger charge is 2.34. The molecular formula is C14H23N3S. The fraction of sp³-hybridized carbons (Fsp3) is 0.786. The van der Waals surface area contributed by atoms with Crippen LogP contribution in [0.15, 0.2) is 0 Å². The first-order valence-corrected chi connectivity index (χ1v) is 7.76. The van der Waals surface area contributed by atoms with Gasteiger partial charge in [-0.3, -0.25) is 0 Å². The second kappa shape index (κ2) is 4.20. The minimum Gasteiger partial charge on any atom is -0.348 e. The molecule has 1 aliphatic heterocycles. The Labute approximate surface area is 113 Å². The monoisotopic (exact) mass is 265 g/mol. The van der Waals surface area contributed by atoms with Gasteiger partial charge in [0.25, 0.3) is 0 Å². The van der Waals surface area contributed by atoms with Crippen molar-refractivity contribution in [2.45, 2.75) is 46.1 Å². The highest BCUT2D eigenvalue weighted by atomic mass is 32.1. The Morgan fingerprint density at radius 1 is 1.44 bits per heavy atom. The van der Waals surface area contributed by atoms with Crippen LogP contribution in [0.5, 0.6) is 0 Å². The minimum atomic E-state index is 0.190. The van der Waals surface area contributed by atoms with E-state index in [9.17, 15) is 0 Å². The lowest BCUT2D eigenvalue weighted by molar-refractivity contribution is 0.282. The Hall–Kier alpha value is -0.610. The summed E-state index contributed by atoms with van der Waals surface area (Å²) in [6.45, 7) is 9.24. The van der Waals surface area contributed by atoms with Crippen LogP contribution in [0.25, 0.3) is 0 Å². The lowest BCUT2D eigenvalue weighted by Crippen LogP contribution is -2.28. The van der Waals surface area contributed by atoms with E-state index in [4.69, 9.17) is 10.7 Å². The van der Waals surface area contributed by atoms with Gasteiger partial charge >= 0.3 is 0 Å². The Balaban J connectivity index is 1.88. The van der Waals surface area contributed by atoms with Crippen molar-refractivity contribution in [3.63, 3.8) is 0 Å². The van der Waals surface area contributed by atoms with Crippen molar-refractivity contribution in [3.05, 3.63) is 10.6 Å². The molecule has 1 aromatic heterocycles. The van der Waals surface area contributed by atoms with Crippen LogP contribution in [-0.4, -0.2) is 18.1 Å². The first kappa shape index (κ1) is 12.4. The average Bonchev–Trinajstić information content (AvgIpc) is 2.82. The topological polar surface area (TPSA) is 42.2 Å². The van der Waals surface area contributed by atoms with E-state index in [0.717, 1.165) is 31.8 Å². The van der Waals surface area contributed by atoms with Crippen LogP contribution in [0.3, 0.4) is 0 Å². The maximum absolute atomic E-state index is 6.31. The predicted octanol–water partition coefficient (Wildman–Crippen LogP) is 2.96. The van der Waals surface area contributed by atoms with E-state index in [2.05, 4.69) is 25.7 Å². The van der Waals surface area contributed by atoms with Gasteiger partial charge in [-0.25, -0.2) is 4.98 Å². The molecule has 0 amide bonds. The molecule has 4 heteroatoms. The molecule has 2 aliphatic rings. The summed E-state index contributed by atoms with van der Waals surface area (Å²) < 4.78 is 0. The summed E-state index contributed by atoms with van der Waals surface area (Å²) in [7, 11) is 0. The average molecular weight is 265 g/mol. The minimum absolute atomic E-state index is 0.190. The number of nitrogens with zero attached hydrogens (tertiary/aromatic N) is 2. The smallest absolute Gasteiger partial charge is 0.185 e. The van der Waals surface area contributed by atoms with Gasteiger partial charge in [0.2, 0.25) is 0 Å². The molecule has 0 aromatic carbocycles. The van der Waals surface area contributed by atoms with Gasteiger partial charge in [0, 0.05) is 24.0 Å². The molecule has 1 saturated heterocycles. The summed E-state index contributed by atoms with van der Waals surface area (Å²) in [5.41, 5.74) is 7.88. The third kappa shape index (κ3) is 2.16. The van der Waals surface area contributed by atoms with Crippen LogP contribution in [-0.2, 0) is 6.42 Å². The van der Waals surface area contributed by atoms with E-state index < -0.39 is 0 Å². The molecule has 1 aliphatic carbocycles. The number of fused-ring (bicyclic) bond motifs is 1. The first-order valence-electron chi connectivity index (χ1n) is 6.95. The maximum Gasteiger partial charge on any atom is 0.185 e. The molecule has 2 unspecified atom stereocenters. The van der Waals surface area contributed by atoms with Crippen LogP contribution in [0, 0.1) is 11.3 Å². The normalized spacial score (nSPS) is 30.6. The van der Waals surface area contributed by atoms with Gasteiger partial charge in [-0.15, -0.1) is 0 Å². The summed E-state index contributed by atoms with van der Waals surface area (Å²) >= 11 is 1.83. The van der Waals surface area contributed by atoms with E-state index in [1.165, 1.54) is 22.1 Å². The molecule has 2 N–H and O–H groups in total. The van der Waals surface area contributed by atoms with Gasteiger partial charge in [-0.1, -0.05) is 32.1 Å². The van der Waals surface area contributed by atoms with Gasteiger partial charge < -0.3 is 10.6 Å². The van der Waals surface area contributed by atoms with E-state index in [-0.39, 0.29) is 6.04 Å². The van der Waals surface area contributed by atoms with Crippen molar-refractivity contribution in [1.82, 2.24) is 4.98 Å². The predicted molar refractivity (Wildman–Crippen MR) is 77.1 cm³/mol. The molecule has 0 bridgehead atoms. The zero-order valence-corrected chi connectivity index (χ0v) is 12.4. The molecule has 1 fully saturated rings. The number of aromatic nitrogens is 1. The van der Waals surface area contributed by atoms with Crippen LogP contribution in [0.4, 0.5) is 5.13 Å². The number of rotatable bonds is 1. The third-order valence-electron chi connectivity index (χ3n) is 4.17. The van der Waals surface area contributed by atoms with Crippen LogP contribution < -0.4 is 10.6 Å². The van der Waals surface area contributed by atoms with Crippen molar-refractivity contribution in [3.8, 4) is 0 Å². The zero-order chi connectivity index (χ0) is 12.9. The largest absolute Gasteiger partial charge is 0.348 e. The maximum atomic E-state index is 6.31. The molecule has 2 atom stereocenters. The summed E-state index contributed by atoms with van der Waals surface area (Å²) in [6.07, 6.45) is 3.45. The fourth-order valence-electron chi connectivity index (χ4n) is 3.22. The van der Waals surface area contributed by atoms with Gasteiger partial charge in [0.15, 0.2) is 5.13 Å². The summed E-state index contributed by atoms with van der Waals surface area (Å²) in [5, 5.41) is 1.21. The molecule has 0 spiro atoms. The van der Waals surface area contributed by atoms with Gasteiger partial charge in [-0.2, -0.15) is 0 Å². The Morgan fingerprint density at radius 2 is 2.22 bits per heavy atom. The highest BCUT2D eigenvalue weighted by Crippen LogP contribution is 2.44. The van der Waals surface area contributed by atoms with E-state index >= 15 is 0 Å². The number of thiazole rings is 1. The number of anilines is 1. The Kier molecular flexibility index (Phi) is 2.90. The SMILES string of the molecule is CC1CCN(c2nc3c(s2)C(N)CC(C)(C)C3)C1. The first-order chi connectivity index (χ1) is 8.44. The van der Waals surface area contributed by atoms with E-state index in [1.54, 1.807) is 0 Å². The van der Waals surface area contributed by atoms with Gasteiger partial charge in [-0.05, 0) is 30.6 Å². The molecule has 100 valence electrons. The fourth-order valence-corrected chi connectivity index (χ4v) is 4.34. The lowest BCUT2D eigenvalue weighted by atomic mass is 9.77. The number of hydrogen-bond acceptors (Lipinski definition) is 4. The summed E-state index contributed by atoms with van der Waals surface area (Å²) in [4.78, 5) is 8.65. The van der Waals surface area contributed by atoms with Gasteiger partial charge in [0.1, 0.15) is 0 Å². The number of nitrogens with two attached hydrogens (primary N) is 1. The lowest BCUT2D eigenvalue weighted by Gasteiger charge is -2.32. The highest BCUT2D eigenvalue weighted by molar-refractivity contribution is 7.15. The molecule has 3 rings (SSSR count). The van der Waals surface area contributed by atoms with Crippen molar-refractivity contribution in [2.75, 3.05) is 18.0 Å². The summed E-state index contributed by atoms with van der Waals surface area (Å²) in [5.74, 6) is 0.802. The van der Waals surface area contributed by atoms with E-state index in [1.807, 2.05) is 11.3 Å². The standard InChI is InChI=1S/C14H23N3S/c1-9-4-5-17(8-9)13-16-11-7-14(2,3)6-10(15)12(11)18-13/h9-10H,4-8,15H2,1-3H3. The quantitative estimate of drug-likeness (QED) is 0.849. The molecule has 2 heterocycles. The van der Waals surface area contributed by atoms with Crippen LogP contribution in [0.2, 0.25) is 0 Å². The Bertz CT molecular complexity index is 452. The second-order valence-corrected chi connectivity index (χ2v) is 7.81. The van der Waals surface area contributed by atoms with Gasteiger partial charge in [0.05, 0.1) is 5.69 Å². The molecule has 0 saturated carbocycles. The molecule has 3 nitrogen and oxygen atoms in total. The van der Waals surface area contributed by atoms with Crippen molar-refractivity contribution in [2.24, 2.45) is 17.1 Å². The molecule has 18 heavy (non-hydrogen) atoms. The second-order valence-electron chi connectivity index (χ2n) is 6.80. The molecule has 0 radical (unpaired) electrons. The third-order valence-corrected chi connectivity index (χ3v) is 5.46. The number of hydrogen-bond donors (Lipinski definition) is 1.